The van der Waals surface area contributed by atoms with Gasteiger partial charge in [-0.15, -0.1) is 12.4 Å². The van der Waals surface area contributed by atoms with E-state index in [0.717, 1.165) is 31.8 Å². The van der Waals surface area contributed by atoms with Gasteiger partial charge in [0, 0.05) is 12.6 Å². The van der Waals surface area contributed by atoms with Crippen LogP contribution in [-0.2, 0) is 4.79 Å². The SMILES string of the molecule is Cl.NC(N)=NCCCCCC=CC(=O)O. The highest BCUT2D eigenvalue weighted by Gasteiger charge is 1.88. The molecule has 0 radical (unpaired) electrons. The fourth-order valence-electron chi connectivity index (χ4n) is 0.943. The number of carboxylic acids is 1. The Kier molecular flexibility index (Phi) is 11.7. The number of allylic oxidation sites excluding steroid dienone is 1. The molecule has 0 aliphatic rings. The number of aliphatic imine (C=N–C) groups is 1. The van der Waals surface area contributed by atoms with Gasteiger partial charge in [-0.2, -0.15) is 0 Å². The third kappa shape index (κ3) is 15.5. The summed E-state index contributed by atoms with van der Waals surface area (Å²) in [6.45, 7) is 0.644. The first-order chi connectivity index (χ1) is 6.63. The van der Waals surface area contributed by atoms with Crippen molar-refractivity contribution in [2.75, 3.05) is 6.54 Å². The molecule has 0 atom stereocenters. The van der Waals surface area contributed by atoms with E-state index in [1.807, 2.05) is 0 Å². The summed E-state index contributed by atoms with van der Waals surface area (Å²) >= 11 is 0. The van der Waals surface area contributed by atoms with E-state index in [9.17, 15) is 4.79 Å². The van der Waals surface area contributed by atoms with Gasteiger partial charge in [0.2, 0.25) is 0 Å². The minimum absolute atomic E-state index is 0. The summed E-state index contributed by atoms with van der Waals surface area (Å²) in [6, 6.07) is 0. The summed E-state index contributed by atoms with van der Waals surface area (Å²) in [5.41, 5.74) is 10.3. The van der Waals surface area contributed by atoms with E-state index in [1.54, 1.807) is 6.08 Å². The van der Waals surface area contributed by atoms with E-state index in [1.165, 1.54) is 0 Å². The molecule has 0 aromatic rings. The predicted octanol–water partition coefficient (Wildman–Crippen LogP) is 0.883. The van der Waals surface area contributed by atoms with Crippen LogP contribution in [-0.4, -0.2) is 23.6 Å². The van der Waals surface area contributed by atoms with Gasteiger partial charge < -0.3 is 16.6 Å². The standard InChI is InChI=1S/C9H17N3O2.ClH/c10-9(11)12-7-5-3-1-2-4-6-8(13)14;/h4,6H,1-3,5,7H2,(H,13,14)(H4,10,11,12);1H. The van der Waals surface area contributed by atoms with Crippen molar-refractivity contribution in [2.24, 2.45) is 16.5 Å². The fraction of sp³-hybridized carbons (Fsp3) is 0.556. The molecule has 88 valence electrons. The lowest BCUT2D eigenvalue weighted by molar-refractivity contribution is -0.131. The van der Waals surface area contributed by atoms with Crippen molar-refractivity contribution in [2.45, 2.75) is 25.7 Å². The van der Waals surface area contributed by atoms with E-state index in [2.05, 4.69) is 4.99 Å². The molecule has 0 saturated carbocycles. The Morgan fingerprint density at radius 1 is 1.27 bits per heavy atom. The minimum atomic E-state index is -0.898. The number of halogens is 1. The van der Waals surface area contributed by atoms with Crippen LogP contribution < -0.4 is 11.5 Å². The predicted molar refractivity (Wildman–Crippen MR) is 63.2 cm³/mol. The largest absolute Gasteiger partial charge is 0.478 e. The van der Waals surface area contributed by atoms with Crippen LogP contribution in [0.3, 0.4) is 0 Å². The quantitative estimate of drug-likeness (QED) is 0.264. The molecule has 0 rings (SSSR count). The van der Waals surface area contributed by atoms with E-state index in [0.29, 0.717) is 6.54 Å². The second-order valence-corrected chi connectivity index (χ2v) is 2.90. The summed E-state index contributed by atoms with van der Waals surface area (Å²) in [4.78, 5) is 13.9. The first-order valence-corrected chi connectivity index (χ1v) is 4.58. The maximum atomic E-state index is 10.1. The zero-order valence-corrected chi connectivity index (χ0v) is 9.37. The average Bonchev–Trinajstić information content (AvgIpc) is 2.08. The molecule has 0 amide bonds. The van der Waals surface area contributed by atoms with Gasteiger partial charge in [-0.1, -0.05) is 12.5 Å². The summed E-state index contributed by atoms with van der Waals surface area (Å²) < 4.78 is 0. The Labute approximate surface area is 95.7 Å². The average molecular weight is 236 g/mol. The van der Waals surface area contributed by atoms with E-state index >= 15 is 0 Å². The highest BCUT2D eigenvalue weighted by molar-refractivity contribution is 5.85. The number of aliphatic carboxylic acids is 1. The Balaban J connectivity index is 0. The van der Waals surface area contributed by atoms with Crippen LogP contribution in [0.2, 0.25) is 0 Å². The van der Waals surface area contributed by atoms with E-state index < -0.39 is 5.97 Å². The molecule has 0 aliphatic carbocycles. The molecule has 0 aliphatic heterocycles. The van der Waals surface area contributed by atoms with Gasteiger partial charge in [-0.25, -0.2) is 4.79 Å². The second-order valence-electron chi connectivity index (χ2n) is 2.90. The Hall–Kier alpha value is -1.23. The molecule has 0 fully saturated rings. The van der Waals surface area contributed by atoms with Crippen LogP contribution in [0.25, 0.3) is 0 Å². The van der Waals surface area contributed by atoms with Gasteiger partial charge in [0.1, 0.15) is 0 Å². The van der Waals surface area contributed by atoms with Crippen LogP contribution in [0.15, 0.2) is 17.1 Å². The maximum Gasteiger partial charge on any atom is 0.327 e. The van der Waals surface area contributed by atoms with Crippen molar-refractivity contribution in [1.82, 2.24) is 0 Å². The molecule has 0 aromatic carbocycles. The molecule has 5 nitrogen and oxygen atoms in total. The molecular formula is C9H18ClN3O2. The van der Waals surface area contributed by atoms with Crippen LogP contribution in [0.1, 0.15) is 25.7 Å². The Morgan fingerprint density at radius 2 is 1.93 bits per heavy atom. The van der Waals surface area contributed by atoms with Crippen molar-refractivity contribution in [3.05, 3.63) is 12.2 Å². The topological polar surface area (TPSA) is 102 Å². The highest BCUT2D eigenvalue weighted by Crippen LogP contribution is 2.00. The van der Waals surface area contributed by atoms with Crippen molar-refractivity contribution < 1.29 is 9.90 Å². The molecule has 0 spiro atoms. The van der Waals surface area contributed by atoms with Gasteiger partial charge >= 0.3 is 5.97 Å². The number of carboxylic acid groups (broad SMARTS) is 1. The van der Waals surface area contributed by atoms with Gasteiger partial charge in [-0.3, -0.25) is 4.99 Å². The van der Waals surface area contributed by atoms with Gasteiger partial charge in [0.15, 0.2) is 5.96 Å². The van der Waals surface area contributed by atoms with Gasteiger partial charge in [0.25, 0.3) is 0 Å². The number of nitrogens with two attached hydrogens (primary N) is 2. The van der Waals surface area contributed by atoms with Crippen molar-refractivity contribution in [3.63, 3.8) is 0 Å². The van der Waals surface area contributed by atoms with Crippen molar-refractivity contribution in [3.8, 4) is 0 Å². The molecular weight excluding hydrogens is 218 g/mol. The number of nitrogens with zero attached hydrogens (tertiary/aromatic N) is 1. The third-order valence-electron chi connectivity index (χ3n) is 1.58. The maximum absolute atomic E-state index is 10.1. The number of hydrogen-bond donors (Lipinski definition) is 3. The molecule has 0 heterocycles. The number of rotatable bonds is 7. The van der Waals surface area contributed by atoms with Crippen molar-refractivity contribution in [1.29, 1.82) is 0 Å². The second kappa shape index (κ2) is 10.8. The molecule has 5 N–H and O–H groups in total. The van der Waals surface area contributed by atoms with E-state index in [-0.39, 0.29) is 18.4 Å². The Morgan fingerprint density at radius 3 is 2.47 bits per heavy atom. The number of carbonyl (C=O) groups is 1. The fourth-order valence-corrected chi connectivity index (χ4v) is 0.943. The van der Waals surface area contributed by atoms with Crippen LogP contribution in [0.5, 0.6) is 0 Å². The summed E-state index contributed by atoms with van der Waals surface area (Å²) in [5, 5.41) is 8.28. The summed E-state index contributed by atoms with van der Waals surface area (Å²) in [7, 11) is 0. The third-order valence-corrected chi connectivity index (χ3v) is 1.58. The normalized spacial score (nSPS) is 9.60. The molecule has 15 heavy (non-hydrogen) atoms. The number of guanidine groups is 1. The lowest BCUT2D eigenvalue weighted by Gasteiger charge is -1.95. The van der Waals surface area contributed by atoms with Gasteiger partial charge in [0.05, 0.1) is 0 Å². The Bertz CT molecular complexity index is 225. The zero-order valence-electron chi connectivity index (χ0n) is 8.56. The van der Waals surface area contributed by atoms with Crippen LogP contribution in [0.4, 0.5) is 0 Å². The van der Waals surface area contributed by atoms with Crippen molar-refractivity contribution >= 4 is 24.3 Å². The van der Waals surface area contributed by atoms with Crippen LogP contribution in [0, 0.1) is 0 Å². The first-order valence-electron chi connectivity index (χ1n) is 4.58. The smallest absolute Gasteiger partial charge is 0.327 e. The molecule has 0 unspecified atom stereocenters. The molecule has 0 saturated heterocycles. The lowest BCUT2D eigenvalue weighted by Crippen LogP contribution is -2.22. The number of hydrogen-bond acceptors (Lipinski definition) is 2. The highest BCUT2D eigenvalue weighted by atomic mass is 35.5. The van der Waals surface area contributed by atoms with Gasteiger partial charge in [-0.05, 0) is 19.3 Å². The summed E-state index contributed by atoms with van der Waals surface area (Å²) in [6.07, 6.45) is 6.50. The molecule has 6 heteroatoms. The summed E-state index contributed by atoms with van der Waals surface area (Å²) in [5.74, 6) is -0.777. The minimum Gasteiger partial charge on any atom is -0.478 e. The monoisotopic (exact) mass is 235 g/mol. The molecule has 0 bridgehead atoms. The zero-order chi connectivity index (χ0) is 10.8. The van der Waals surface area contributed by atoms with E-state index in [4.69, 9.17) is 16.6 Å². The number of unbranched alkanes of at least 4 members (excludes halogenated alkanes) is 3. The first kappa shape index (κ1) is 16.2. The molecule has 0 aromatic heterocycles. The lowest BCUT2D eigenvalue weighted by atomic mass is 10.2. The van der Waals surface area contributed by atoms with Crippen LogP contribution >= 0.6 is 12.4 Å².